The zero-order valence-electron chi connectivity index (χ0n) is 15.5. The third-order valence-corrected chi connectivity index (χ3v) is 5.95. The van der Waals surface area contributed by atoms with Gasteiger partial charge in [0.25, 0.3) is 0 Å². The molecule has 2 rings (SSSR count). The summed E-state index contributed by atoms with van der Waals surface area (Å²) in [5.41, 5.74) is 0. The summed E-state index contributed by atoms with van der Waals surface area (Å²) < 4.78 is 5.89. The lowest BCUT2D eigenvalue weighted by molar-refractivity contribution is -0.146. The number of likely N-dealkylation sites (tertiary alicyclic amines) is 1. The van der Waals surface area contributed by atoms with E-state index in [0.717, 1.165) is 19.3 Å². The maximum Gasteiger partial charge on any atom is 0.226 e. The van der Waals surface area contributed by atoms with Crippen molar-refractivity contribution in [3.63, 3.8) is 0 Å². The molecule has 0 aliphatic carbocycles. The molecule has 2 aliphatic rings. The quantitative estimate of drug-likeness (QED) is 0.785. The van der Waals surface area contributed by atoms with Crippen LogP contribution in [0.2, 0.25) is 0 Å². The van der Waals surface area contributed by atoms with Crippen molar-refractivity contribution in [2.75, 3.05) is 0 Å². The smallest absolute Gasteiger partial charge is 0.226 e. The van der Waals surface area contributed by atoms with Crippen molar-refractivity contribution in [1.29, 1.82) is 0 Å². The number of ether oxygens (including phenoxy) is 1. The van der Waals surface area contributed by atoms with E-state index in [1.165, 1.54) is 0 Å². The van der Waals surface area contributed by atoms with Crippen LogP contribution in [-0.2, 0) is 9.53 Å². The zero-order chi connectivity index (χ0) is 16.6. The largest absolute Gasteiger partial charge is 0.376 e. The van der Waals surface area contributed by atoms with Crippen molar-refractivity contribution < 1.29 is 9.53 Å². The Labute approximate surface area is 136 Å². The lowest BCUT2D eigenvalue weighted by Gasteiger charge is -2.41. The number of amides is 1. The molecule has 0 saturated carbocycles. The second-order valence-electron chi connectivity index (χ2n) is 8.31. The molecule has 0 aromatic heterocycles. The summed E-state index contributed by atoms with van der Waals surface area (Å²) in [6.07, 6.45) is 3.72. The molecule has 2 saturated heterocycles. The Morgan fingerprint density at radius 2 is 1.55 bits per heavy atom. The Bertz CT molecular complexity index is 385. The van der Waals surface area contributed by atoms with Crippen LogP contribution in [0.4, 0.5) is 0 Å². The summed E-state index contributed by atoms with van der Waals surface area (Å²) in [5.74, 6) is 2.00. The highest BCUT2D eigenvalue weighted by molar-refractivity contribution is 5.80. The minimum absolute atomic E-state index is 0.143. The maximum absolute atomic E-state index is 13.4. The molecule has 2 aliphatic heterocycles. The average molecular weight is 309 g/mol. The molecule has 0 N–H and O–H groups in total. The van der Waals surface area contributed by atoms with E-state index in [4.69, 9.17) is 4.74 Å². The molecule has 2 heterocycles. The Kier molecular flexibility index (Phi) is 5.58. The standard InChI is InChI=1S/C19H35NO2/c1-11(2)18(17-9-14(5)22-15(6)10-17)19(21)20-13(4)8-12(3)16(20)7/h11-18H,8-10H2,1-7H3/t12?,13-,14?,15?,16?,17?,18?/m1/s1. The lowest BCUT2D eigenvalue weighted by atomic mass is 9.75. The lowest BCUT2D eigenvalue weighted by Crippen LogP contribution is -2.48. The first-order chi connectivity index (χ1) is 10.2. The van der Waals surface area contributed by atoms with Gasteiger partial charge >= 0.3 is 0 Å². The van der Waals surface area contributed by atoms with Crippen LogP contribution in [0.25, 0.3) is 0 Å². The molecule has 22 heavy (non-hydrogen) atoms. The fraction of sp³-hybridized carbons (Fsp3) is 0.947. The van der Waals surface area contributed by atoms with Crippen molar-refractivity contribution in [2.45, 2.75) is 92.0 Å². The van der Waals surface area contributed by atoms with Gasteiger partial charge in [0.1, 0.15) is 0 Å². The number of hydrogen-bond acceptors (Lipinski definition) is 2. The molecule has 0 bridgehead atoms. The summed E-state index contributed by atoms with van der Waals surface area (Å²) in [4.78, 5) is 15.5. The highest BCUT2D eigenvalue weighted by Gasteiger charge is 2.43. The van der Waals surface area contributed by atoms with E-state index in [1.807, 2.05) is 0 Å². The van der Waals surface area contributed by atoms with Gasteiger partial charge in [-0.25, -0.2) is 0 Å². The van der Waals surface area contributed by atoms with Crippen LogP contribution < -0.4 is 0 Å². The van der Waals surface area contributed by atoms with Gasteiger partial charge in [0.05, 0.1) is 12.2 Å². The SMILES string of the molecule is CC1CC(C(C(=O)N2C(C)C(C)C[C@H]2C)C(C)C)CC(C)O1. The maximum atomic E-state index is 13.4. The van der Waals surface area contributed by atoms with E-state index in [0.29, 0.717) is 35.7 Å². The van der Waals surface area contributed by atoms with E-state index >= 15 is 0 Å². The average Bonchev–Trinajstić information content (AvgIpc) is 2.61. The van der Waals surface area contributed by atoms with Crippen LogP contribution in [0, 0.1) is 23.7 Å². The summed E-state index contributed by atoms with van der Waals surface area (Å²) in [6, 6.07) is 0.756. The van der Waals surface area contributed by atoms with Crippen molar-refractivity contribution in [3.8, 4) is 0 Å². The van der Waals surface area contributed by atoms with Crippen molar-refractivity contribution in [1.82, 2.24) is 4.90 Å². The van der Waals surface area contributed by atoms with Gasteiger partial charge in [0, 0.05) is 18.0 Å². The monoisotopic (exact) mass is 309 g/mol. The Morgan fingerprint density at radius 1 is 1.00 bits per heavy atom. The van der Waals surface area contributed by atoms with Gasteiger partial charge in [-0.1, -0.05) is 20.8 Å². The molecule has 128 valence electrons. The Balaban J connectivity index is 2.19. The molecular weight excluding hydrogens is 274 g/mol. The van der Waals surface area contributed by atoms with Crippen LogP contribution in [0.3, 0.4) is 0 Å². The molecule has 0 aromatic rings. The molecule has 0 spiro atoms. The minimum atomic E-state index is 0.143. The van der Waals surface area contributed by atoms with Crippen LogP contribution >= 0.6 is 0 Å². The van der Waals surface area contributed by atoms with Crippen LogP contribution in [0.5, 0.6) is 0 Å². The minimum Gasteiger partial charge on any atom is -0.376 e. The van der Waals surface area contributed by atoms with Crippen molar-refractivity contribution >= 4 is 5.91 Å². The van der Waals surface area contributed by atoms with E-state index in [-0.39, 0.29) is 18.1 Å². The second kappa shape index (κ2) is 6.90. The van der Waals surface area contributed by atoms with Crippen LogP contribution in [0.15, 0.2) is 0 Å². The normalized spacial score (nSPS) is 41.0. The fourth-order valence-corrected chi connectivity index (χ4v) is 4.90. The van der Waals surface area contributed by atoms with E-state index in [2.05, 4.69) is 53.4 Å². The molecule has 6 atom stereocenters. The summed E-state index contributed by atoms with van der Waals surface area (Å²) in [7, 11) is 0. The molecule has 0 radical (unpaired) electrons. The first-order valence-corrected chi connectivity index (χ1v) is 9.20. The molecule has 3 heteroatoms. The van der Waals surface area contributed by atoms with Gasteiger partial charge in [-0.05, 0) is 64.7 Å². The third-order valence-electron chi connectivity index (χ3n) is 5.95. The number of carbonyl (C=O) groups excluding carboxylic acids is 1. The van der Waals surface area contributed by atoms with E-state index in [1.54, 1.807) is 0 Å². The first kappa shape index (κ1) is 17.8. The van der Waals surface area contributed by atoms with Crippen LogP contribution in [0.1, 0.15) is 67.7 Å². The Morgan fingerprint density at radius 3 is 1.95 bits per heavy atom. The molecular formula is C19H35NO2. The molecule has 3 nitrogen and oxygen atoms in total. The van der Waals surface area contributed by atoms with Gasteiger partial charge in [0.15, 0.2) is 0 Å². The van der Waals surface area contributed by atoms with E-state index < -0.39 is 0 Å². The third kappa shape index (κ3) is 3.50. The van der Waals surface area contributed by atoms with Gasteiger partial charge in [0.2, 0.25) is 5.91 Å². The topological polar surface area (TPSA) is 29.5 Å². The van der Waals surface area contributed by atoms with E-state index in [9.17, 15) is 4.79 Å². The summed E-state index contributed by atoms with van der Waals surface area (Å²) in [6.45, 7) is 15.4. The van der Waals surface area contributed by atoms with Gasteiger partial charge in [-0.3, -0.25) is 4.79 Å². The number of carbonyl (C=O) groups is 1. The zero-order valence-corrected chi connectivity index (χ0v) is 15.5. The fourth-order valence-electron chi connectivity index (χ4n) is 4.90. The van der Waals surface area contributed by atoms with Gasteiger partial charge in [-0.15, -0.1) is 0 Å². The van der Waals surface area contributed by atoms with Gasteiger partial charge in [-0.2, -0.15) is 0 Å². The van der Waals surface area contributed by atoms with Gasteiger partial charge < -0.3 is 9.64 Å². The predicted molar refractivity (Wildman–Crippen MR) is 90.6 cm³/mol. The highest BCUT2D eigenvalue weighted by atomic mass is 16.5. The second-order valence-corrected chi connectivity index (χ2v) is 8.31. The number of hydrogen-bond donors (Lipinski definition) is 0. The molecule has 5 unspecified atom stereocenters. The molecule has 0 aromatic carbocycles. The van der Waals surface area contributed by atoms with Crippen molar-refractivity contribution in [2.24, 2.45) is 23.7 Å². The van der Waals surface area contributed by atoms with Crippen molar-refractivity contribution in [3.05, 3.63) is 0 Å². The van der Waals surface area contributed by atoms with Crippen LogP contribution in [-0.4, -0.2) is 35.1 Å². The predicted octanol–water partition coefficient (Wildman–Crippen LogP) is 4.11. The number of nitrogens with zero attached hydrogens (tertiary/aromatic N) is 1. The summed E-state index contributed by atoms with van der Waals surface area (Å²) in [5, 5.41) is 0. The Hall–Kier alpha value is -0.570. The number of rotatable bonds is 3. The summed E-state index contributed by atoms with van der Waals surface area (Å²) >= 11 is 0. The first-order valence-electron chi connectivity index (χ1n) is 9.20. The molecule has 2 fully saturated rings. The molecule has 1 amide bonds. The highest BCUT2D eigenvalue weighted by Crippen LogP contribution is 2.38.